The summed E-state index contributed by atoms with van der Waals surface area (Å²) in [5, 5.41) is 23.0. The van der Waals surface area contributed by atoms with Crippen molar-refractivity contribution in [3.05, 3.63) is 63.5 Å². The number of alkyl halides is 3. The Kier molecular flexibility index (Phi) is 6.50. The van der Waals surface area contributed by atoms with E-state index in [4.69, 9.17) is 14.5 Å². The summed E-state index contributed by atoms with van der Waals surface area (Å²) in [6, 6.07) is 5.14. The van der Waals surface area contributed by atoms with Gasteiger partial charge in [0.2, 0.25) is 0 Å². The quantitative estimate of drug-likeness (QED) is 0.466. The van der Waals surface area contributed by atoms with Crippen LogP contribution in [0, 0.1) is 5.41 Å². The van der Waals surface area contributed by atoms with Crippen LogP contribution in [0.4, 0.5) is 13.2 Å². The van der Waals surface area contributed by atoms with Gasteiger partial charge in [0.15, 0.2) is 0 Å². The zero-order chi connectivity index (χ0) is 25.5. The minimum absolute atomic E-state index is 0. The molecule has 3 heterocycles. The SMILES string of the molecule is C.CC(C)c1nc2c(c3c1[C@@H](c1ccc(C(F)(F)F)cc1)OC31CCOCC1)[C@@H](O)CC1(CCC1)[C@H]2O. The average molecular weight is 520 g/mol. The fourth-order valence-corrected chi connectivity index (χ4v) is 6.88. The predicted molar refractivity (Wildman–Crippen MR) is 132 cm³/mol. The molecular weight excluding hydrogens is 483 g/mol. The van der Waals surface area contributed by atoms with Crippen LogP contribution in [-0.2, 0) is 21.3 Å². The largest absolute Gasteiger partial charge is 0.416 e. The number of rotatable bonds is 2. The van der Waals surface area contributed by atoms with E-state index in [1.54, 1.807) is 0 Å². The van der Waals surface area contributed by atoms with E-state index < -0.39 is 35.7 Å². The van der Waals surface area contributed by atoms with Crippen molar-refractivity contribution in [1.82, 2.24) is 4.98 Å². The second-order valence-electron chi connectivity index (χ2n) is 11.3. The Morgan fingerprint density at radius 1 is 1.00 bits per heavy atom. The first-order chi connectivity index (χ1) is 17.1. The molecule has 2 fully saturated rings. The second kappa shape index (κ2) is 9.04. The molecule has 202 valence electrons. The smallest absolute Gasteiger partial charge is 0.388 e. The van der Waals surface area contributed by atoms with Gasteiger partial charge in [-0.3, -0.25) is 4.98 Å². The average Bonchev–Trinajstić information content (AvgIpc) is 3.13. The Bertz CT molecular complexity index is 1170. The number of hydrogen-bond donors (Lipinski definition) is 2. The molecule has 0 bridgehead atoms. The Morgan fingerprint density at radius 2 is 1.65 bits per heavy atom. The van der Waals surface area contributed by atoms with E-state index in [1.165, 1.54) is 12.1 Å². The maximum Gasteiger partial charge on any atom is 0.416 e. The van der Waals surface area contributed by atoms with Crippen molar-refractivity contribution in [2.45, 2.75) is 95.8 Å². The van der Waals surface area contributed by atoms with E-state index in [2.05, 4.69) is 0 Å². The van der Waals surface area contributed by atoms with Gasteiger partial charge in [-0.2, -0.15) is 13.2 Å². The molecule has 6 rings (SSSR count). The van der Waals surface area contributed by atoms with Gasteiger partial charge in [-0.05, 0) is 48.4 Å². The Balaban J connectivity index is 0.00000280. The van der Waals surface area contributed by atoms with Crippen molar-refractivity contribution in [2.24, 2.45) is 5.41 Å². The Hall–Kier alpha value is -2.00. The molecule has 1 saturated heterocycles. The highest BCUT2D eigenvalue weighted by Crippen LogP contribution is 2.63. The first-order valence-corrected chi connectivity index (χ1v) is 12.9. The number of benzene rings is 1. The van der Waals surface area contributed by atoms with Crippen LogP contribution in [0.5, 0.6) is 0 Å². The number of hydrogen-bond acceptors (Lipinski definition) is 5. The van der Waals surface area contributed by atoms with Crippen molar-refractivity contribution >= 4 is 0 Å². The lowest BCUT2D eigenvalue weighted by atomic mass is 9.57. The monoisotopic (exact) mass is 519 g/mol. The summed E-state index contributed by atoms with van der Waals surface area (Å²) < 4.78 is 52.2. The molecule has 3 atom stereocenters. The van der Waals surface area contributed by atoms with Gasteiger partial charge in [-0.15, -0.1) is 0 Å². The molecule has 0 radical (unpaired) electrons. The molecule has 0 unspecified atom stereocenters. The van der Waals surface area contributed by atoms with Crippen LogP contribution in [0.1, 0.15) is 123 Å². The summed E-state index contributed by atoms with van der Waals surface area (Å²) in [6.45, 7) is 5.02. The summed E-state index contributed by atoms with van der Waals surface area (Å²) in [7, 11) is 0. The van der Waals surface area contributed by atoms with Crippen LogP contribution in [0.15, 0.2) is 24.3 Å². The normalized spacial score (nSPS) is 27.5. The predicted octanol–water partition coefficient (Wildman–Crippen LogP) is 6.63. The molecule has 2 aliphatic heterocycles. The van der Waals surface area contributed by atoms with E-state index in [1.807, 2.05) is 13.8 Å². The Labute approximate surface area is 216 Å². The molecule has 2 N–H and O–H groups in total. The van der Waals surface area contributed by atoms with Gasteiger partial charge < -0.3 is 19.7 Å². The van der Waals surface area contributed by atoms with E-state index in [0.29, 0.717) is 49.3 Å². The lowest BCUT2D eigenvalue weighted by Gasteiger charge is -2.51. The minimum Gasteiger partial charge on any atom is -0.388 e. The summed E-state index contributed by atoms with van der Waals surface area (Å²) >= 11 is 0. The van der Waals surface area contributed by atoms with Gasteiger partial charge in [0.1, 0.15) is 12.2 Å². The third-order valence-corrected chi connectivity index (χ3v) is 8.90. The van der Waals surface area contributed by atoms with E-state index in [-0.39, 0.29) is 18.8 Å². The number of halogens is 3. The molecule has 0 amide bonds. The van der Waals surface area contributed by atoms with Gasteiger partial charge in [-0.1, -0.05) is 39.8 Å². The van der Waals surface area contributed by atoms with Gasteiger partial charge in [0, 0.05) is 48.3 Å². The first kappa shape index (κ1) is 26.6. The molecule has 1 saturated carbocycles. The van der Waals surface area contributed by atoms with Crippen molar-refractivity contribution in [3.63, 3.8) is 0 Å². The molecular formula is C29H36F3NO4. The molecule has 37 heavy (non-hydrogen) atoms. The fourth-order valence-electron chi connectivity index (χ4n) is 6.88. The van der Waals surface area contributed by atoms with Gasteiger partial charge in [0.05, 0.1) is 23.0 Å². The molecule has 2 aliphatic carbocycles. The third kappa shape index (κ3) is 3.94. The van der Waals surface area contributed by atoms with Crippen LogP contribution >= 0.6 is 0 Å². The minimum atomic E-state index is -4.42. The summed E-state index contributed by atoms with van der Waals surface area (Å²) in [5.41, 5.74) is 2.54. The van der Waals surface area contributed by atoms with Crippen LogP contribution < -0.4 is 0 Å². The van der Waals surface area contributed by atoms with Gasteiger partial charge >= 0.3 is 6.18 Å². The number of pyridine rings is 1. The number of aromatic nitrogens is 1. The third-order valence-electron chi connectivity index (χ3n) is 8.90. The molecule has 1 aromatic heterocycles. The maximum absolute atomic E-state index is 13.2. The highest BCUT2D eigenvalue weighted by molar-refractivity contribution is 5.55. The molecule has 8 heteroatoms. The number of aliphatic hydroxyl groups is 2. The van der Waals surface area contributed by atoms with Crippen LogP contribution in [0.3, 0.4) is 0 Å². The van der Waals surface area contributed by atoms with Gasteiger partial charge in [-0.25, -0.2) is 0 Å². The maximum atomic E-state index is 13.2. The number of nitrogens with zero attached hydrogens (tertiary/aromatic N) is 1. The van der Waals surface area contributed by atoms with Crippen LogP contribution in [-0.4, -0.2) is 28.4 Å². The molecule has 2 spiro atoms. The highest BCUT2D eigenvalue weighted by Gasteiger charge is 2.56. The van der Waals surface area contributed by atoms with Crippen molar-refractivity contribution in [1.29, 1.82) is 0 Å². The summed E-state index contributed by atoms with van der Waals surface area (Å²) in [4.78, 5) is 5.00. The highest BCUT2D eigenvalue weighted by atomic mass is 19.4. The zero-order valence-electron chi connectivity index (χ0n) is 20.6. The molecule has 1 aromatic carbocycles. The standard InChI is InChI=1S/C28H32F3NO4.CH4/c1-15(2)22-20-21(19-18(33)14-26(8-3-9-26)25(34)23(19)32-22)27(10-12-35-13-11-27)36-24(20)16-4-6-17(7-5-16)28(29,30)31;/h4-7,15,18,24-25,33-34H,3,8-14H2,1-2H3;1H4/t18-,24+,25-;/m0./s1. The molecule has 2 aromatic rings. The fraction of sp³-hybridized carbons (Fsp3) is 0.621. The van der Waals surface area contributed by atoms with Crippen molar-refractivity contribution in [2.75, 3.05) is 13.2 Å². The number of fused-ring (bicyclic) bond motifs is 4. The zero-order valence-corrected chi connectivity index (χ0v) is 20.6. The Morgan fingerprint density at radius 3 is 2.19 bits per heavy atom. The lowest BCUT2D eigenvalue weighted by Crippen LogP contribution is -2.43. The van der Waals surface area contributed by atoms with E-state index in [0.717, 1.165) is 48.2 Å². The topological polar surface area (TPSA) is 71.8 Å². The lowest BCUT2D eigenvalue weighted by molar-refractivity contribution is -0.137. The first-order valence-electron chi connectivity index (χ1n) is 12.9. The summed E-state index contributed by atoms with van der Waals surface area (Å²) in [6.07, 6.45) is -2.19. The van der Waals surface area contributed by atoms with Crippen molar-refractivity contribution in [3.8, 4) is 0 Å². The van der Waals surface area contributed by atoms with E-state index >= 15 is 0 Å². The number of ether oxygens (including phenoxy) is 2. The molecule has 5 nitrogen and oxygen atoms in total. The molecule has 4 aliphatic rings. The van der Waals surface area contributed by atoms with Crippen LogP contribution in [0.2, 0.25) is 0 Å². The number of aliphatic hydroxyl groups excluding tert-OH is 2. The van der Waals surface area contributed by atoms with Gasteiger partial charge in [0.25, 0.3) is 0 Å². The van der Waals surface area contributed by atoms with Crippen molar-refractivity contribution < 1.29 is 32.9 Å². The summed E-state index contributed by atoms with van der Waals surface area (Å²) in [5.74, 6) is -0.0109. The van der Waals surface area contributed by atoms with E-state index in [9.17, 15) is 23.4 Å². The second-order valence-corrected chi connectivity index (χ2v) is 11.3. The van der Waals surface area contributed by atoms with Crippen LogP contribution in [0.25, 0.3) is 0 Å².